The van der Waals surface area contributed by atoms with E-state index in [1.54, 1.807) is 24.5 Å². The Labute approximate surface area is 159 Å². The van der Waals surface area contributed by atoms with E-state index in [4.69, 9.17) is 5.73 Å². The van der Waals surface area contributed by atoms with Crippen molar-refractivity contribution in [3.63, 3.8) is 0 Å². The van der Waals surface area contributed by atoms with Gasteiger partial charge in [0, 0.05) is 35.1 Å². The first-order valence-electron chi connectivity index (χ1n) is 9.28. The normalized spacial score (nSPS) is 20.9. The van der Waals surface area contributed by atoms with Crippen LogP contribution in [0.25, 0.3) is 0 Å². The van der Waals surface area contributed by atoms with Crippen LogP contribution in [-0.4, -0.2) is 16.4 Å². The summed E-state index contributed by atoms with van der Waals surface area (Å²) in [5, 5.41) is 2.91. The quantitative estimate of drug-likeness (QED) is 0.696. The van der Waals surface area contributed by atoms with Gasteiger partial charge in [-0.15, -0.1) is 0 Å². The van der Waals surface area contributed by atoms with E-state index in [0.717, 1.165) is 24.9 Å². The highest BCUT2D eigenvalue weighted by molar-refractivity contribution is 6.04. The topological polar surface area (TPSA) is 68.0 Å². The molecule has 1 aliphatic rings. The molecule has 4 nitrogen and oxygen atoms in total. The number of aryl methyl sites for hydroxylation is 1. The van der Waals surface area contributed by atoms with Crippen LogP contribution in [0.5, 0.6) is 0 Å². The maximum atomic E-state index is 12.2. The predicted molar refractivity (Wildman–Crippen MR) is 108 cm³/mol. The zero-order valence-electron chi connectivity index (χ0n) is 15.1. The molecule has 27 heavy (non-hydrogen) atoms. The molecule has 0 aliphatic heterocycles. The van der Waals surface area contributed by atoms with Gasteiger partial charge in [-0.2, -0.15) is 0 Å². The van der Waals surface area contributed by atoms with Crippen molar-refractivity contribution in [1.82, 2.24) is 4.98 Å². The van der Waals surface area contributed by atoms with Gasteiger partial charge in [-0.25, -0.2) is 0 Å². The van der Waals surface area contributed by atoms with Crippen LogP contribution in [0.4, 0.5) is 5.69 Å². The molecule has 1 saturated carbocycles. The standard InChI is InChI=1S/C23H23N3O/c24-23(13-10-17-4-2-1-3-5-17)16-21(23)18-6-8-20(9-7-18)26-22(27)19-11-14-25-15-12-19/h1-9,11-12,14-15,21H,10,13,16,24H2,(H,26,27). The molecule has 0 spiro atoms. The molecule has 3 N–H and O–H groups in total. The van der Waals surface area contributed by atoms with E-state index in [0.29, 0.717) is 11.5 Å². The summed E-state index contributed by atoms with van der Waals surface area (Å²) in [4.78, 5) is 16.1. The molecule has 1 fully saturated rings. The predicted octanol–water partition coefficient (Wildman–Crippen LogP) is 4.15. The average Bonchev–Trinajstić information content (AvgIpc) is 3.40. The third-order valence-electron chi connectivity index (χ3n) is 5.35. The van der Waals surface area contributed by atoms with Gasteiger partial charge in [-0.1, -0.05) is 42.5 Å². The van der Waals surface area contributed by atoms with E-state index in [2.05, 4.69) is 46.7 Å². The van der Waals surface area contributed by atoms with Gasteiger partial charge in [0.05, 0.1) is 0 Å². The van der Waals surface area contributed by atoms with Crippen LogP contribution in [0, 0.1) is 0 Å². The Kier molecular flexibility index (Phi) is 4.73. The molecule has 0 saturated heterocycles. The van der Waals surface area contributed by atoms with Gasteiger partial charge in [0.1, 0.15) is 0 Å². The van der Waals surface area contributed by atoms with Crippen molar-refractivity contribution in [3.8, 4) is 0 Å². The zero-order valence-corrected chi connectivity index (χ0v) is 15.1. The molecule has 1 amide bonds. The van der Waals surface area contributed by atoms with Gasteiger partial charge in [-0.05, 0) is 54.7 Å². The second-order valence-corrected chi connectivity index (χ2v) is 7.29. The summed E-state index contributed by atoms with van der Waals surface area (Å²) in [5.41, 5.74) is 10.4. The number of nitrogens with zero attached hydrogens (tertiary/aromatic N) is 1. The number of aromatic nitrogens is 1. The van der Waals surface area contributed by atoms with Crippen LogP contribution in [0.1, 0.15) is 40.2 Å². The molecule has 4 rings (SSSR count). The molecule has 2 aromatic carbocycles. The number of benzene rings is 2. The summed E-state index contributed by atoms with van der Waals surface area (Å²) in [6, 6.07) is 21.9. The SMILES string of the molecule is NC1(CCc2ccccc2)CC1c1ccc(NC(=O)c2ccncc2)cc1. The first kappa shape index (κ1) is 17.4. The second-order valence-electron chi connectivity index (χ2n) is 7.29. The number of carbonyl (C=O) groups is 1. The van der Waals surface area contributed by atoms with Crippen LogP contribution in [0.15, 0.2) is 79.1 Å². The smallest absolute Gasteiger partial charge is 0.255 e. The number of hydrogen-bond donors (Lipinski definition) is 2. The molecule has 0 radical (unpaired) electrons. The van der Waals surface area contributed by atoms with Crippen molar-refractivity contribution in [2.24, 2.45) is 5.73 Å². The third-order valence-corrected chi connectivity index (χ3v) is 5.35. The van der Waals surface area contributed by atoms with Crippen molar-refractivity contribution in [3.05, 3.63) is 95.8 Å². The van der Waals surface area contributed by atoms with Crippen LogP contribution in [0.3, 0.4) is 0 Å². The fraction of sp³-hybridized carbons (Fsp3) is 0.217. The molecule has 0 bridgehead atoms. The number of nitrogens with two attached hydrogens (primary N) is 1. The second kappa shape index (κ2) is 7.33. The van der Waals surface area contributed by atoms with Crippen molar-refractivity contribution >= 4 is 11.6 Å². The summed E-state index contributed by atoms with van der Waals surface area (Å²) < 4.78 is 0. The van der Waals surface area contributed by atoms with Crippen LogP contribution in [0.2, 0.25) is 0 Å². The minimum absolute atomic E-state index is 0.113. The highest BCUT2D eigenvalue weighted by Crippen LogP contribution is 2.52. The Balaban J connectivity index is 1.35. The molecule has 2 atom stereocenters. The number of amides is 1. The summed E-state index contributed by atoms with van der Waals surface area (Å²) in [6.07, 6.45) is 6.24. The zero-order chi connectivity index (χ0) is 18.7. The van der Waals surface area contributed by atoms with E-state index in [1.165, 1.54) is 11.1 Å². The first-order chi connectivity index (χ1) is 13.1. The lowest BCUT2D eigenvalue weighted by molar-refractivity contribution is 0.102. The van der Waals surface area contributed by atoms with Crippen LogP contribution < -0.4 is 11.1 Å². The van der Waals surface area contributed by atoms with E-state index >= 15 is 0 Å². The lowest BCUT2D eigenvalue weighted by Crippen LogP contribution is -2.25. The van der Waals surface area contributed by atoms with Gasteiger partial charge in [0.2, 0.25) is 0 Å². The molecule has 3 aromatic rings. The Morgan fingerprint density at radius 2 is 1.74 bits per heavy atom. The summed E-state index contributed by atoms with van der Waals surface area (Å²) in [5.74, 6) is 0.263. The number of carbonyl (C=O) groups excluding carboxylic acids is 1. The van der Waals surface area contributed by atoms with Crippen molar-refractivity contribution in [2.75, 3.05) is 5.32 Å². The number of hydrogen-bond acceptors (Lipinski definition) is 3. The largest absolute Gasteiger partial charge is 0.325 e. The fourth-order valence-electron chi connectivity index (χ4n) is 3.57. The van der Waals surface area contributed by atoms with E-state index < -0.39 is 0 Å². The van der Waals surface area contributed by atoms with Gasteiger partial charge in [0.15, 0.2) is 0 Å². The maximum absolute atomic E-state index is 12.2. The fourth-order valence-corrected chi connectivity index (χ4v) is 3.57. The van der Waals surface area contributed by atoms with E-state index in [-0.39, 0.29) is 11.4 Å². The Hall–Kier alpha value is -2.98. The summed E-state index contributed by atoms with van der Waals surface area (Å²) in [6.45, 7) is 0. The summed E-state index contributed by atoms with van der Waals surface area (Å²) in [7, 11) is 0. The Morgan fingerprint density at radius 3 is 2.44 bits per heavy atom. The Morgan fingerprint density at radius 1 is 1.04 bits per heavy atom. The van der Waals surface area contributed by atoms with Gasteiger partial charge < -0.3 is 11.1 Å². The molecular formula is C23H23N3O. The van der Waals surface area contributed by atoms with Crippen LogP contribution >= 0.6 is 0 Å². The van der Waals surface area contributed by atoms with E-state index in [1.807, 2.05) is 18.2 Å². The minimum atomic E-state index is -0.132. The molecule has 1 aliphatic carbocycles. The molecule has 1 heterocycles. The van der Waals surface area contributed by atoms with Gasteiger partial charge in [0.25, 0.3) is 5.91 Å². The number of anilines is 1. The van der Waals surface area contributed by atoms with Crippen molar-refractivity contribution in [2.45, 2.75) is 30.7 Å². The molecular weight excluding hydrogens is 334 g/mol. The summed E-state index contributed by atoms with van der Waals surface area (Å²) >= 11 is 0. The average molecular weight is 357 g/mol. The van der Waals surface area contributed by atoms with Gasteiger partial charge >= 0.3 is 0 Å². The van der Waals surface area contributed by atoms with Crippen molar-refractivity contribution < 1.29 is 4.79 Å². The maximum Gasteiger partial charge on any atom is 0.255 e. The third kappa shape index (κ3) is 4.07. The number of nitrogens with one attached hydrogen (secondary N) is 1. The highest BCUT2D eigenvalue weighted by Gasteiger charge is 2.50. The number of pyridine rings is 1. The number of rotatable bonds is 6. The Bertz CT molecular complexity index is 909. The van der Waals surface area contributed by atoms with Gasteiger partial charge in [-0.3, -0.25) is 9.78 Å². The highest BCUT2D eigenvalue weighted by atomic mass is 16.1. The van der Waals surface area contributed by atoms with Crippen molar-refractivity contribution in [1.29, 1.82) is 0 Å². The molecule has 4 heteroatoms. The first-order valence-corrected chi connectivity index (χ1v) is 9.28. The minimum Gasteiger partial charge on any atom is -0.325 e. The molecule has 1 aromatic heterocycles. The van der Waals surface area contributed by atoms with E-state index in [9.17, 15) is 4.79 Å². The lowest BCUT2D eigenvalue weighted by Gasteiger charge is -2.12. The lowest BCUT2D eigenvalue weighted by atomic mass is 9.99. The van der Waals surface area contributed by atoms with Crippen LogP contribution in [-0.2, 0) is 6.42 Å². The molecule has 2 unspecified atom stereocenters. The monoisotopic (exact) mass is 357 g/mol. The molecule has 136 valence electrons.